The Hall–Kier alpha value is -1.78. The second-order valence-corrected chi connectivity index (χ2v) is 5.21. The molecule has 0 aromatic carbocycles. The number of nitrogens with zero attached hydrogens (tertiary/aromatic N) is 4. The van der Waals surface area contributed by atoms with Gasteiger partial charge in [0.2, 0.25) is 0 Å². The molecular weight excluding hydrogens is 250 g/mol. The zero-order chi connectivity index (χ0) is 14.5. The van der Waals surface area contributed by atoms with Gasteiger partial charge in [-0.15, -0.1) is 0 Å². The van der Waals surface area contributed by atoms with Crippen molar-refractivity contribution in [2.75, 3.05) is 25.0 Å². The van der Waals surface area contributed by atoms with Gasteiger partial charge >= 0.3 is 0 Å². The van der Waals surface area contributed by atoms with Crippen LogP contribution in [-0.2, 0) is 6.54 Å². The maximum Gasteiger partial charge on any atom is 0.191 e. The minimum absolute atomic E-state index is 0.592. The maximum absolute atomic E-state index is 5.97. The molecule has 1 fully saturated rings. The highest BCUT2D eigenvalue weighted by Gasteiger charge is 2.27. The smallest absolute Gasteiger partial charge is 0.191 e. The highest BCUT2D eigenvalue weighted by Crippen LogP contribution is 2.24. The first-order chi connectivity index (χ1) is 9.65. The highest BCUT2D eigenvalue weighted by molar-refractivity contribution is 5.78. The van der Waals surface area contributed by atoms with E-state index in [4.69, 9.17) is 5.73 Å². The summed E-state index contributed by atoms with van der Waals surface area (Å²) in [7, 11) is 2.01. The van der Waals surface area contributed by atoms with E-state index < -0.39 is 0 Å². The summed E-state index contributed by atoms with van der Waals surface area (Å²) in [5, 5.41) is 0. The Balaban J connectivity index is 1.94. The molecule has 0 aliphatic heterocycles. The van der Waals surface area contributed by atoms with E-state index in [9.17, 15) is 0 Å². The molecule has 0 spiro atoms. The van der Waals surface area contributed by atoms with E-state index in [1.807, 2.05) is 13.2 Å². The van der Waals surface area contributed by atoms with Crippen LogP contribution in [0, 0.1) is 0 Å². The normalized spacial score (nSPS) is 15.2. The van der Waals surface area contributed by atoms with E-state index in [2.05, 4.69) is 45.8 Å². The summed E-state index contributed by atoms with van der Waals surface area (Å²) >= 11 is 0. The van der Waals surface area contributed by atoms with Gasteiger partial charge in [-0.3, -0.25) is 0 Å². The number of hydrogen-bond acceptors (Lipinski definition) is 3. The molecule has 0 unspecified atom stereocenters. The Labute approximate surface area is 121 Å². The number of rotatable bonds is 6. The number of guanidine groups is 1. The van der Waals surface area contributed by atoms with Crippen LogP contribution in [0.5, 0.6) is 0 Å². The van der Waals surface area contributed by atoms with Crippen molar-refractivity contribution < 1.29 is 0 Å². The fraction of sp³-hybridized carbons (Fsp3) is 0.600. The molecule has 5 heteroatoms. The van der Waals surface area contributed by atoms with Gasteiger partial charge in [0.15, 0.2) is 5.96 Å². The first kappa shape index (κ1) is 14.6. The van der Waals surface area contributed by atoms with E-state index in [1.165, 1.54) is 12.8 Å². The van der Waals surface area contributed by atoms with Gasteiger partial charge in [-0.25, -0.2) is 9.98 Å². The van der Waals surface area contributed by atoms with Crippen LogP contribution in [0.4, 0.5) is 5.82 Å². The van der Waals surface area contributed by atoms with Crippen LogP contribution < -0.4 is 10.6 Å². The molecule has 1 aromatic rings. The van der Waals surface area contributed by atoms with E-state index in [-0.39, 0.29) is 0 Å². The first-order valence-corrected chi connectivity index (χ1v) is 7.38. The molecule has 20 heavy (non-hydrogen) atoms. The van der Waals surface area contributed by atoms with Gasteiger partial charge in [0.05, 0.1) is 6.54 Å². The Bertz CT molecular complexity index is 446. The number of pyridine rings is 1. The van der Waals surface area contributed by atoms with Crippen molar-refractivity contribution >= 4 is 11.8 Å². The molecule has 1 saturated carbocycles. The third-order valence-electron chi connectivity index (χ3n) is 3.78. The SMILES string of the molecule is CCN(CC)c1ccc(CN=C(N)N(C)C2CC2)cn1. The molecule has 0 bridgehead atoms. The number of anilines is 1. The second kappa shape index (κ2) is 6.59. The van der Waals surface area contributed by atoms with Gasteiger partial charge in [-0.05, 0) is 38.3 Å². The van der Waals surface area contributed by atoms with Crippen LogP contribution in [0.3, 0.4) is 0 Å². The van der Waals surface area contributed by atoms with Crippen LogP contribution in [0.15, 0.2) is 23.3 Å². The summed E-state index contributed by atoms with van der Waals surface area (Å²) in [6, 6.07) is 4.73. The third kappa shape index (κ3) is 3.62. The number of aliphatic imine (C=N–C) groups is 1. The molecule has 1 heterocycles. The molecule has 110 valence electrons. The Kier molecular flexibility index (Phi) is 4.82. The molecule has 0 saturated heterocycles. The Morgan fingerprint density at radius 1 is 1.35 bits per heavy atom. The predicted octanol–water partition coefficient (Wildman–Crippen LogP) is 1.84. The van der Waals surface area contributed by atoms with Crippen molar-refractivity contribution in [3.63, 3.8) is 0 Å². The lowest BCUT2D eigenvalue weighted by atomic mass is 10.3. The van der Waals surface area contributed by atoms with E-state index in [1.54, 1.807) is 0 Å². The minimum atomic E-state index is 0.592. The quantitative estimate of drug-likeness (QED) is 0.636. The molecular formula is C15H25N5. The predicted molar refractivity (Wildman–Crippen MR) is 83.9 cm³/mol. The van der Waals surface area contributed by atoms with E-state index >= 15 is 0 Å². The first-order valence-electron chi connectivity index (χ1n) is 7.38. The maximum atomic E-state index is 5.97. The monoisotopic (exact) mass is 275 g/mol. The Morgan fingerprint density at radius 2 is 2.05 bits per heavy atom. The molecule has 1 aliphatic rings. The lowest BCUT2D eigenvalue weighted by molar-refractivity contribution is 0.487. The fourth-order valence-electron chi connectivity index (χ4n) is 2.18. The van der Waals surface area contributed by atoms with Crippen LogP contribution in [0.1, 0.15) is 32.3 Å². The van der Waals surface area contributed by atoms with Crippen LogP contribution in [0.2, 0.25) is 0 Å². The minimum Gasteiger partial charge on any atom is -0.370 e. The topological polar surface area (TPSA) is 57.8 Å². The van der Waals surface area contributed by atoms with E-state index in [0.717, 1.165) is 24.5 Å². The molecule has 0 radical (unpaired) electrons. The number of nitrogens with two attached hydrogens (primary N) is 1. The van der Waals surface area contributed by atoms with Crippen molar-refractivity contribution in [3.8, 4) is 0 Å². The molecule has 2 N–H and O–H groups in total. The summed E-state index contributed by atoms with van der Waals surface area (Å²) in [6.07, 6.45) is 4.35. The summed E-state index contributed by atoms with van der Waals surface area (Å²) < 4.78 is 0. The lowest BCUT2D eigenvalue weighted by Gasteiger charge is -2.19. The van der Waals surface area contributed by atoms with Gasteiger partial charge in [-0.2, -0.15) is 0 Å². The van der Waals surface area contributed by atoms with Gasteiger partial charge < -0.3 is 15.5 Å². The van der Waals surface area contributed by atoms with Crippen molar-refractivity contribution in [3.05, 3.63) is 23.9 Å². The number of hydrogen-bond donors (Lipinski definition) is 1. The van der Waals surface area contributed by atoms with Crippen LogP contribution in [-0.4, -0.2) is 42.0 Å². The van der Waals surface area contributed by atoms with Crippen molar-refractivity contribution in [2.45, 2.75) is 39.3 Å². The third-order valence-corrected chi connectivity index (χ3v) is 3.78. The zero-order valence-corrected chi connectivity index (χ0v) is 12.7. The molecule has 1 aromatic heterocycles. The average molecular weight is 275 g/mol. The molecule has 0 amide bonds. The summed E-state index contributed by atoms with van der Waals surface area (Å²) in [5.41, 5.74) is 7.07. The van der Waals surface area contributed by atoms with Crippen LogP contribution >= 0.6 is 0 Å². The average Bonchev–Trinajstić information content (AvgIpc) is 3.31. The highest BCUT2D eigenvalue weighted by atomic mass is 15.3. The molecule has 0 atom stereocenters. The van der Waals surface area contributed by atoms with Crippen LogP contribution in [0.25, 0.3) is 0 Å². The van der Waals surface area contributed by atoms with Gasteiger partial charge in [-0.1, -0.05) is 6.07 Å². The largest absolute Gasteiger partial charge is 0.370 e. The standard InChI is InChI=1S/C15H25N5/c1-4-20(5-2)14-9-6-12(10-17-14)11-18-15(16)19(3)13-7-8-13/h6,9-10,13H,4-5,7-8,11H2,1-3H3,(H2,16,18). The molecule has 1 aliphatic carbocycles. The summed E-state index contributed by atoms with van der Waals surface area (Å²) in [5.74, 6) is 1.64. The fourth-order valence-corrected chi connectivity index (χ4v) is 2.18. The second-order valence-electron chi connectivity index (χ2n) is 5.21. The van der Waals surface area contributed by atoms with Gasteiger partial charge in [0.25, 0.3) is 0 Å². The summed E-state index contributed by atoms with van der Waals surface area (Å²) in [4.78, 5) is 13.2. The van der Waals surface area contributed by atoms with Crippen molar-refractivity contribution in [1.29, 1.82) is 0 Å². The molecule has 2 rings (SSSR count). The van der Waals surface area contributed by atoms with Gasteiger partial charge in [0.1, 0.15) is 5.82 Å². The molecule has 5 nitrogen and oxygen atoms in total. The Morgan fingerprint density at radius 3 is 2.55 bits per heavy atom. The summed E-state index contributed by atoms with van der Waals surface area (Å²) in [6.45, 7) is 6.81. The van der Waals surface area contributed by atoms with Gasteiger partial charge in [0, 0.05) is 32.4 Å². The van der Waals surface area contributed by atoms with Crippen molar-refractivity contribution in [2.24, 2.45) is 10.7 Å². The van der Waals surface area contributed by atoms with E-state index in [0.29, 0.717) is 18.5 Å². The zero-order valence-electron chi connectivity index (χ0n) is 12.7. The lowest BCUT2D eigenvalue weighted by Crippen LogP contribution is -2.35. The number of aromatic nitrogens is 1. The van der Waals surface area contributed by atoms with Crippen molar-refractivity contribution in [1.82, 2.24) is 9.88 Å².